The quantitative estimate of drug-likeness (QED) is 0.596. The maximum absolute atomic E-state index is 13.5. The molecule has 0 aromatic heterocycles. The molecule has 0 spiro atoms. The highest BCUT2D eigenvalue weighted by Gasteiger charge is 2.12. The van der Waals surface area contributed by atoms with E-state index in [0.717, 1.165) is 6.07 Å². The van der Waals surface area contributed by atoms with Crippen LogP contribution in [0.5, 0.6) is 0 Å². The third-order valence-corrected chi connectivity index (χ3v) is 2.37. The summed E-state index contributed by atoms with van der Waals surface area (Å²) >= 11 is 0. The van der Waals surface area contributed by atoms with E-state index in [4.69, 9.17) is 9.47 Å². The van der Waals surface area contributed by atoms with Gasteiger partial charge in [-0.1, -0.05) is 0 Å². The minimum Gasteiger partial charge on any atom is -0.382 e. The number of nitrogens with one attached hydrogen (secondary N) is 1. The lowest BCUT2D eigenvalue weighted by Gasteiger charge is -2.16. The van der Waals surface area contributed by atoms with Gasteiger partial charge in [0, 0.05) is 26.8 Å². The first-order valence-electron chi connectivity index (χ1n) is 5.28. The molecule has 0 bridgehead atoms. The molecule has 1 atom stereocenters. The third kappa shape index (κ3) is 3.94. The summed E-state index contributed by atoms with van der Waals surface area (Å²) in [6, 6.07) is 3.44. The van der Waals surface area contributed by atoms with E-state index in [2.05, 4.69) is 5.32 Å². The Morgan fingerprint density at radius 1 is 1.50 bits per heavy atom. The van der Waals surface area contributed by atoms with E-state index in [-0.39, 0.29) is 17.5 Å². The Balaban J connectivity index is 2.65. The molecular weight excluding hydrogens is 243 g/mol. The largest absolute Gasteiger partial charge is 0.382 e. The molecule has 0 saturated heterocycles. The van der Waals surface area contributed by atoms with Gasteiger partial charge >= 0.3 is 0 Å². The highest BCUT2D eigenvalue weighted by molar-refractivity contribution is 5.50. The molecule has 1 aromatic rings. The van der Waals surface area contributed by atoms with Crippen molar-refractivity contribution in [3.63, 3.8) is 0 Å². The predicted octanol–water partition coefficient (Wildman–Crippen LogP) is 1.81. The van der Waals surface area contributed by atoms with Gasteiger partial charge < -0.3 is 14.8 Å². The molecule has 0 radical (unpaired) electrons. The summed E-state index contributed by atoms with van der Waals surface area (Å²) in [7, 11) is 3.07. The van der Waals surface area contributed by atoms with E-state index in [0.29, 0.717) is 13.2 Å². The summed E-state index contributed by atoms with van der Waals surface area (Å²) in [5, 5.41) is 13.3. The topological polar surface area (TPSA) is 73.6 Å². The fourth-order valence-corrected chi connectivity index (χ4v) is 1.38. The molecule has 100 valence electrons. The summed E-state index contributed by atoms with van der Waals surface area (Å²) < 4.78 is 23.5. The number of anilines is 1. The van der Waals surface area contributed by atoms with E-state index in [1.807, 2.05) is 0 Å². The SMILES string of the molecule is COCC(CNc1ccc([N+](=O)[O-])cc1F)OC. The molecule has 0 aliphatic rings. The van der Waals surface area contributed by atoms with Gasteiger partial charge in [-0.15, -0.1) is 0 Å². The van der Waals surface area contributed by atoms with Crippen LogP contribution in [0.15, 0.2) is 18.2 Å². The summed E-state index contributed by atoms with van der Waals surface area (Å²) in [6.45, 7) is 0.719. The number of ether oxygens (including phenoxy) is 2. The zero-order valence-electron chi connectivity index (χ0n) is 10.2. The number of non-ortho nitro benzene ring substituents is 1. The molecular formula is C11H15FN2O4. The van der Waals surface area contributed by atoms with Crippen LogP contribution in [0.3, 0.4) is 0 Å². The van der Waals surface area contributed by atoms with Crippen LogP contribution in [0.2, 0.25) is 0 Å². The molecule has 1 unspecified atom stereocenters. The highest BCUT2D eigenvalue weighted by Crippen LogP contribution is 2.20. The molecule has 0 aliphatic heterocycles. The molecule has 1 N–H and O–H groups in total. The van der Waals surface area contributed by atoms with Crippen LogP contribution in [-0.2, 0) is 9.47 Å². The molecule has 0 saturated carbocycles. The van der Waals surface area contributed by atoms with Crippen molar-refractivity contribution in [1.29, 1.82) is 0 Å². The molecule has 0 heterocycles. The lowest BCUT2D eigenvalue weighted by molar-refractivity contribution is -0.385. The maximum atomic E-state index is 13.5. The highest BCUT2D eigenvalue weighted by atomic mass is 19.1. The number of halogens is 1. The van der Waals surface area contributed by atoms with Gasteiger partial charge in [0.1, 0.15) is 0 Å². The second-order valence-corrected chi connectivity index (χ2v) is 3.62. The smallest absolute Gasteiger partial charge is 0.272 e. The normalized spacial score (nSPS) is 12.2. The van der Waals surface area contributed by atoms with Gasteiger partial charge in [-0.25, -0.2) is 4.39 Å². The van der Waals surface area contributed by atoms with Gasteiger partial charge in [0.05, 0.1) is 29.4 Å². The van der Waals surface area contributed by atoms with Gasteiger partial charge in [0.2, 0.25) is 0 Å². The molecule has 18 heavy (non-hydrogen) atoms. The van der Waals surface area contributed by atoms with Crippen molar-refractivity contribution < 1.29 is 18.8 Å². The van der Waals surface area contributed by atoms with Crippen LogP contribution in [0.1, 0.15) is 0 Å². The van der Waals surface area contributed by atoms with E-state index < -0.39 is 10.7 Å². The van der Waals surface area contributed by atoms with Gasteiger partial charge in [-0.3, -0.25) is 10.1 Å². The fourth-order valence-electron chi connectivity index (χ4n) is 1.38. The number of nitro groups is 1. The first-order valence-corrected chi connectivity index (χ1v) is 5.28. The van der Waals surface area contributed by atoms with Crippen LogP contribution in [0.25, 0.3) is 0 Å². The number of nitrogens with zero attached hydrogens (tertiary/aromatic N) is 1. The van der Waals surface area contributed by atoms with Crippen molar-refractivity contribution in [2.24, 2.45) is 0 Å². The van der Waals surface area contributed by atoms with Crippen molar-refractivity contribution in [2.45, 2.75) is 6.10 Å². The second-order valence-electron chi connectivity index (χ2n) is 3.62. The number of nitro benzene ring substituents is 1. The first kappa shape index (κ1) is 14.3. The Labute approximate surface area is 104 Å². The zero-order valence-corrected chi connectivity index (χ0v) is 10.2. The Morgan fingerprint density at radius 3 is 2.72 bits per heavy atom. The molecule has 1 rings (SSSR count). The Morgan fingerprint density at radius 2 is 2.22 bits per heavy atom. The Bertz CT molecular complexity index is 414. The molecule has 0 aliphatic carbocycles. The molecule has 0 amide bonds. The summed E-state index contributed by atoms with van der Waals surface area (Å²) in [5.74, 6) is -0.670. The van der Waals surface area contributed by atoms with Crippen LogP contribution in [-0.4, -0.2) is 38.4 Å². The molecule has 0 fully saturated rings. The van der Waals surface area contributed by atoms with Crippen LogP contribution < -0.4 is 5.32 Å². The minimum absolute atomic E-state index is 0.193. The number of rotatable bonds is 7. The monoisotopic (exact) mass is 258 g/mol. The van der Waals surface area contributed by atoms with Gasteiger partial charge in [0.25, 0.3) is 5.69 Å². The van der Waals surface area contributed by atoms with Gasteiger partial charge in [-0.2, -0.15) is 0 Å². The van der Waals surface area contributed by atoms with E-state index in [1.54, 1.807) is 7.11 Å². The lowest BCUT2D eigenvalue weighted by Crippen LogP contribution is -2.26. The summed E-state index contributed by atoms with van der Waals surface area (Å²) in [5.41, 5.74) is -0.0861. The van der Waals surface area contributed by atoms with E-state index in [9.17, 15) is 14.5 Å². The number of hydrogen-bond donors (Lipinski definition) is 1. The minimum atomic E-state index is -0.670. The molecule has 1 aromatic carbocycles. The molecule has 7 heteroatoms. The standard InChI is InChI=1S/C11H15FN2O4/c1-17-7-9(18-2)6-13-11-4-3-8(14(15)16)5-10(11)12/h3-5,9,13H,6-7H2,1-2H3. The van der Waals surface area contributed by atoms with Crippen molar-refractivity contribution in [2.75, 3.05) is 32.7 Å². The van der Waals surface area contributed by atoms with Crippen LogP contribution >= 0.6 is 0 Å². The Kier molecular flexibility index (Phi) is 5.47. The van der Waals surface area contributed by atoms with E-state index in [1.165, 1.54) is 19.2 Å². The van der Waals surface area contributed by atoms with Crippen LogP contribution in [0.4, 0.5) is 15.8 Å². The Hall–Kier alpha value is -1.73. The van der Waals surface area contributed by atoms with Crippen LogP contribution in [0, 0.1) is 15.9 Å². The predicted molar refractivity (Wildman–Crippen MR) is 64.2 cm³/mol. The fraction of sp³-hybridized carbons (Fsp3) is 0.455. The molecule has 6 nitrogen and oxygen atoms in total. The zero-order chi connectivity index (χ0) is 13.5. The van der Waals surface area contributed by atoms with Gasteiger partial charge in [-0.05, 0) is 6.07 Å². The average Bonchev–Trinajstić information content (AvgIpc) is 2.35. The van der Waals surface area contributed by atoms with E-state index >= 15 is 0 Å². The summed E-state index contributed by atoms with van der Waals surface area (Å²) in [6.07, 6.45) is -0.218. The second kappa shape index (κ2) is 6.87. The summed E-state index contributed by atoms with van der Waals surface area (Å²) in [4.78, 5) is 9.80. The van der Waals surface area contributed by atoms with Crippen molar-refractivity contribution in [3.05, 3.63) is 34.1 Å². The average molecular weight is 258 g/mol. The third-order valence-electron chi connectivity index (χ3n) is 2.37. The number of benzene rings is 1. The first-order chi connectivity index (χ1) is 8.58. The van der Waals surface area contributed by atoms with Gasteiger partial charge in [0.15, 0.2) is 5.82 Å². The maximum Gasteiger partial charge on any atom is 0.272 e. The number of hydrogen-bond acceptors (Lipinski definition) is 5. The van der Waals surface area contributed by atoms with Crippen molar-refractivity contribution in [3.8, 4) is 0 Å². The van der Waals surface area contributed by atoms with Crippen molar-refractivity contribution >= 4 is 11.4 Å². The number of methoxy groups -OCH3 is 2. The van der Waals surface area contributed by atoms with Crippen molar-refractivity contribution in [1.82, 2.24) is 0 Å². The lowest BCUT2D eigenvalue weighted by atomic mass is 10.2.